The van der Waals surface area contributed by atoms with Gasteiger partial charge < -0.3 is 10.1 Å². The van der Waals surface area contributed by atoms with Gasteiger partial charge in [0, 0.05) is 6.07 Å². The van der Waals surface area contributed by atoms with Crippen LogP contribution in [-0.4, -0.2) is 35.8 Å². The highest BCUT2D eigenvalue weighted by Gasteiger charge is 2.28. The van der Waals surface area contributed by atoms with Gasteiger partial charge in [-0.25, -0.2) is 9.97 Å². The molecule has 1 aromatic heterocycles. The van der Waals surface area contributed by atoms with Crippen LogP contribution in [0.25, 0.3) is 0 Å². The van der Waals surface area contributed by atoms with Gasteiger partial charge in [0.25, 0.3) is 0 Å². The average Bonchev–Trinajstić information content (AvgIpc) is 2.24. The lowest BCUT2D eigenvalue weighted by Crippen LogP contribution is -2.17. The monoisotopic (exact) mass is 249 g/mol. The molecule has 0 radical (unpaired) electrons. The van der Waals surface area contributed by atoms with Crippen molar-refractivity contribution >= 4 is 11.8 Å². The molecule has 0 atom stereocenters. The number of alkyl halides is 3. The lowest BCUT2D eigenvalue weighted by atomic mass is 10.3. The molecular formula is C9H10F3N3O2. The van der Waals surface area contributed by atoms with Crippen molar-refractivity contribution in [1.82, 2.24) is 9.97 Å². The van der Waals surface area contributed by atoms with Crippen molar-refractivity contribution in [3.05, 3.63) is 18.1 Å². The van der Waals surface area contributed by atoms with Crippen LogP contribution in [0.1, 0.15) is 5.69 Å². The fraction of sp³-hybridized carbons (Fsp3) is 0.444. The summed E-state index contributed by atoms with van der Waals surface area (Å²) in [5.74, 6) is -0.398. The topological polar surface area (TPSA) is 64.1 Å². The van der Waals surface area contributed by atoms with Gasteiger partial charge in [0.1, 0.15) is 18.7 Å². The van der Waals surface area contributed by atoms with E-state index in [9.17, 15) is 18.0 Å². The Labute approximate surface area is 95.0 Å². The summed E-state index contributed by atoms with van der Waals surface area (Å²) in [5.41, 5.74) is -0.167. The number of carbonyl (C=O) groups is 1. The Morgan fingerprint density at radius 2 is 2.18 bits per heavy atom. The van der Waals surface area contributed by atoms with Crippen LogP contribution in [0.4, 0.5) is 19.0 Å². The van der Waals surface area contributed by atoms with Gasteiger partial charge in [0.05, 0.1) is 19.2 Å². The molecular weight excluding hydrogens is 239 g/mol. The first-order valence-electron chi connectivity index (χ1n) is 4.59. The molecule has 0 bridgehead atoms. The Kier molecular flexibility index (Phi) is 4.24. The van der Waals surface area contributed by atoms with Crippen molar-refractivity contribution in [1.29, 1.82) is 0 Å². The van der Waals surface area contributed by atoms with Crippen LogP contribution in [0.3, 0.4) is 0 Å². The molecule has 1 heterocycles. The summed E-state index contributed by atoms with van der Waals surface area (Å²) in [6.45, 7) is -0.168. The maximum Gasteiger partial charge on any atom is 0.394 e. The van der Waals surface area contributed by atoms with Crippen LogP contribution in [-0.2, 0) is 16.0 Å². The number of hydrogen-bond donors (Lipinski definition) is 1. The zero-order valence-electron chi connectivity index (χ0n) is 8.91. The summed E-state index contributed by atoms with van der Waals surface area (Å²) in [7, 11) is 1.21. The maximum atomic E-state index is 12.1. The quantitative estimate of drug-likeness (QED) is 0.811. The molecule has 17 heavy (non-hydrogen) atoms. The molecule has 0 unspecified atom stereocenters. The second kappa shape index (κ2) is 5.46. The first-order valence-corrected chi connectivity index (χ1v) is 4.59. The number of anilines is 1. The molecule has 0 fully saturated rings. The van der Waals surface area contributed by atoms with E-state index in [1.54, 1.807) is 0 Å². The SMILES string of the molecule is COC(=O)CNc1cc(CC(F)(F)F)ncn1. The summed E-state index contributed by atoms with van der Waals surface area (Å²) in [6, 6.07) is 1.14. The summed E-state index contributed by atoms with van der Waals surface area (Å²) in [6.07, 6.45) is -4.46. The van der Waals surface area contributed by atoms with Crippen LogP contribution in [0.2, 0.25) is 0 Å². The largest absolute Gasteiger partial charge is 0.468 e. The molecule has 1 N–H and O–H groups in total. The highest BCUT2D eigenvalue weighted by molar-refractivity contribution is 5.74. The average molecular weight is 249 g/mol. The molecule has 0 amide bonds. The van der Waals surface area contributed by atoms with Crippen molar-refractivity contribution in [3.8, 4) is 0 Å². The molecule has 5 nitrogen and oxygen atoms in total. The molecule has 1 rings (SSSR count). The zero-order chi connectivity index (χ0) is 12.9. The van der Waals surface area contributed by atoms with Gasteiger partial charge in [-0.3, -0.25) is 4.79 Å². The van der Waals surface area contributed by atoms with Crippen LogP contribution in [0.5, 0.6) is 0 Å². The third kappa shape index (κ3) is 5.14. The van der Waals surface area contributed by atoms with Crippen LogP contribution in [0, 0.1) is 0 Å². The van der Waals surface area contributed by atoms with Crippen molar-refractivity contribution in [2.45, 2.75) is 12.6 Å². The van der Waals surface area contributed by atoms with Crippen LogP contribution in [0.15, 0.2) is 12.4 Å². The fourth-order valence-electron chi connectivity index (χ4n) is 1.03. The summed E-state index contributed by atoms with van der Waals surface area (Å²) in [4.78, 5) is 18.0. The van der Waals surface area contributed by atoms with Gasteiger partial charge in [-0.1, -0.05) is 0 Å². The second-order valence-electron chi connectivity index (χ2n) is 3.12. The number of halogens is 3. The van der Waals surface area contributed by atoms with Crippen LogP contribution >= 0.6 is 0 Å². The number of ether oxygens (including phenoxy) is 1. The number of nitrogens with one attached hydrogen (secondary N) is 1. The van der Waals surface area contributed by atoms with Crippen molar-refractivity contribution in [2.24, 2.45) is 0 Å². The zero-order valence-corrected chi connectivity index (χ0v) is 8.91. The predicted molar refractivity (Wildman–Crippen MR) is 52.3 cm³/mol. The standard InChI is InChI=1S/C9H10F3N3O2/c1-17-8(16)4-13-7-2-6(14-5-15-7)3-9(10,11)12/h2,5H,3-4H2,1H3,(H,13,14,15). The third-order valence-electron chi connectivity index (χ3n) is 1.75. The Morgan fingerprint density at radius 1 is 1.47 bits per heavy atom. The van der Waals surface area contributed by atoms with Gasteiger partial charge in [-0.2, -0.15) is 13.2 Å². The summed E-state index contributed by atoms with van der Waals surface area (Å²) < 4.78 is 40.6. The molecule has 8 heteroatoms. The van der Waals surface area contributed by atoms with E-state index in [0.29, 0.717) is 0 Å². The highest BCUT2D eigenvalue weighted by atomic mass is 19.4. The lowest BCUT2D eigenvalue weighted by Gasteiger charge is -2.07. The molecule has 94 valence electrons. The minimum atomic E-state index is -4.33. The Hall–Kier alpha value is -1.86. The predicted octanol–water partition coefficient (Wildman–Crippen LogP) is 1.17. The number of carbonyl (C=O) groups excluding carboxylic acids is 1. The number of nitrogens with zero attached hydrogens (tertiary/aromatic N) is 2. The summed E-state index contributed by atoms with van der Waals surface area (Å²) >= 11 is 0. The van der Waals surface area contributed by atoms with Gasteiger partial charge in [0.2, 0.25) is 0 Å². The molecule has 0 aliphatic carbocycles. The van der Waals surface area contributed by atoms with E-state index in [-0.39, 0.29) is 18.1 Å². The molecule has 0 saturated carbocycles. The fourth-order valence-corrected chi connectivity index (χ4v) is 1.03. The third-order valence-corrected chi connectivity index (χ3v) is 1.75. The molecule has 0 saturated heterocycles. The Morgan fingerprint density at radius 3 is 2.76 bits per heavy atom. The normalized spacial score (nSPS) is 11.1. The smallest absolute Gasteiger partial charge is 0.394 e. The van der Waals surface area contributed by atoms with Gasteiger partial charge >= 0.3 is 12.1 Å². The van der Waals surface area contributed by atoms with E-state index >= 15 is 0 Å². The van der Waals surface area contributed by atoms with E-state index < -0.39 is 18.6 Å². The number of hydrogen-bond acceptors (Lipinski definition) is 5. The minimum absolute atomic E-state index is 0.143. The highest BCUT2D eigenvalue weighted by Crippen LogP contribution is 2.20. The molecule has 0 spiro atoms. The van der Waals surface area contributed by atoms with Crippen LogP contribution < -0.4 is 5.32 Å². The van der Waals surface area contributed by atoms with Crippen molar-refractivity contribution in [2.75, 3.05) is 19.0 Å². The van der Waals surface area contributed by atoms with Crippen molar-refractivity contribution < 1.29 is 22.7 Å². The first kappa shape index (κ1) is 13.2. The minimum Gasteiger partial charge on any atom is -0.468 e. The Bertz CT molecular complexity index is 395. The second-order valence-corrected chi connectivity index (χ2v) is 3.12. The van der Waals surface area contributed by atoms with E-state index in [2.05, 4.69) is 20.0 Å². The van der Waals surface area contributed by atoms with E-state index in [1.165, 1.54) is 7.11 Å². The van der Waals surface area contributed by atoms with E-state index in [4.69, 9.17) is 0 Å². The van der Waals surface area contributed by atoms with Crippen molar-refractivity contribution in [3.63, 3.8) is 0 Å². The molecule has 0 aliphatic heterocycles. The van der Waals surface area contributed by atoms with Gasteiger partial charge in [-0.05, 0) is 0 Å². The Balaban J connectivity index is 2.63. The van der Waals surface area contributed by atoms with E-state index in [0.717, 1.165) is 12.4 Å². The number of esters is 1. The maximum absolute atomic E-state index is 12.1. The summed E-state index contributed by atoms with van der Waals surface area (Å²) in [5, 5.41) is 2.53. The number of methoxy groups -OCH3 is 1. The molecule has 0 aliphatic rings. The lowest BCUT2D eigenvalue weighted by molar-refractivity contribution is -0.138. The number of aromatic nitrogens is 2. The van der Waals surface area contributed by atoms with E-state index in [1.807, 2.05) is 0 Å². The first-order chi connectivity index (χ1) is 7.90. The number of rotatable bonds is 4. The van der Waals surface area contributed by atoms with Gasteiger partial charge in [0.15, 0.2) is 0 Å². The van der Waals surface area contributed by atoms with Gasteiger partial charge in [-0.15, -0.1) is 0 Å². The molecule has 1 aromatic rings. The molecule has 0 aromatic carbocycles.